The van der Waals surface area contributed by atoms with E-state index in [1.807, 2.05) is 12.1 Å². The summed E-state index contributed by atoms with van der Waals surface area (Å²) in [5, 5.41) is 3.31. The maximum atomic E-state index is 12.4. The van der Waals surface area contributed by atoms with Crippen molar-refractivity contribution in [2.75, 3.05) is 5.32 Å². The molecule has 31 heavy (non-hydrogen) atoms. The topological polar surface area (TPSA) is 39.1 Å². The summed E-state index contributed by atoms with van der Waals surface area (Å²) in [6.45, 7) is 6.89. The number of anilines is 2. The molecule has 2 atom stereocenters. The summed E-state index contributed by atoms with van der Waals surface area (Å²) < 4.78 is 44.5. The third-order valence-electron chi connectivity index (χ3n) is 5.72. The van der Waals surface area contributed by atoms with Crippen LogP contribution in [-0.4, -0.2) is 15.9 Å². The number of rotatable bonds is 4. The van der Waals surface area contributed by atoms with Crippen molar-refractivity contribution >= 4 is 38.6 Å². The van der Waals surface area contributed by atoms with Gasteiger partial charge in [-0.3, -0.25) is 0 Å². The summed E-state index contributed by atoms with van der Waals surface area (Å²) in [6.07, 6.45) is -1.43. The fraction of sp³-hybridized carbons (Fsp3) is 0.435. The number of alkyl halides is 3. The largest absolute Gasteiger partial charge is 0.573 e. The van der Waals surface area contributed by atoms with Gasteiger partial charge in [0.15, 0.2) is 0 Å². The summed E-state index contributed by atoms with van der Waals surface area (Å²) in [5.74, 6) is 1.03. The second-order valence-electron chi connectivity index (χ2n) is 9.20. The van der Waals surface area contributed by atoms with E-state index < -0.39 is 6.36 Å². The quantitative estimate of drug-likeness (QED) is 0.400. The zero-order valence-electron chi connectivity index (χ0n) is 17.6. The van der Waals surface area contributed by atoms with Crippen molar-refractivity contribution < 1.29 is 17.9 Å². The normalized spacial score (nSPS) is 21.3. The van der Waals surface area contributed by atoms with E-state index in [1.165, 1.54) is 18.6 Å². The molecule has 4 nitrogen and oxygen atoms in total. The summed E-state index contributed by atoms with van der Waals surface area (Å²) in [5.41, 5.74) is 2.78. The maximum Gasteiger partial charge on any atom is 0.573 e. The van der Waals surface area contributed by atoms with Crippen LogP contribution in [-0.2, 0) is 0 Å². The average Bonchev–Trinajstić information content (AvgIpc) is 2.97. The maximum absolute atomic E-state index is 12.4. The number of hydrogen-bond acceptors (Lipinski definition) is 3. The number of imidazole rings is 1. The van der Waals surface area contributed by atoms with Crippen molar-refractivity contribution in [1.29, 1.82) is 0 Å². The molecule has 2 aromatic carbocycles. The van der Waals surface area contributed by atoms with Gasteiger partial charge in [0.05, 0.1) is 11.0 Å². The number of halogens is 4. The standard InChI is InChI=1S/C23H25BrF3N3O/c1-14-10-17(13-22(2,3)12-14)30-20-9-4-15(24)11-19(20)29-21(30)28-16-5-7-18(8-6-16)31-23(25,26)27/h4-9,11,14,17H,10,12-13H2,1-3H3,(H,28,29)/t14-,17?/m1/s1. The van der Waals surface area contributed by atoms with Crippen LogP contribution in [0.5, 0.6) is 5.75 Å². The van der Waals surface area contributed by atoms with E-state index in [2.05, 4.69) is 57.4 Å². The number of nitrogens with zero attached hydrogens (tertiary/aromatic N) is 2. The first-order valence-corrected chi connectivity index (χ1v) is 11.1. The van der Waals surface area contributed by atoms with Gasteiger partial charge in [-0.1, -0.05) is 36.7 Å². The van der Waals surface area contributed by atoms with Crippen molar-refractivity contribution in [2.45, 2.75) is 52.4 Å². The summed E-state index contributed by atoms with van der Waals surface area (Å²) in [7, 11) is 0. The Kier molecular flexibility index (Phi) is 5.70. The van der Waals surface area contributed by atoms with Gasteiger partial charge >= 0.3 is 6.36 Å². The van der Waals surface area contributed by atoms with E-state index in [1.54, 1.807) is 12.1 Å². The number of benzene rings is 2. The summed E-state index contributed by atoms with van der Waals surface area (Å²) in [6, 6.07) is 12.0. The number of nitrogens with one attached hydrogen (secondary N) is 1. The molecule has 1 fully saturated rings. The van der Waals surface area contributed by atoms with Crippen LogP contribution in [0.15, 0.2) is 46.9 Å². The number of hydrogen-bond donors (Lipinski definition) is 1. The van der Waals surface area contributed by atoms with Crippen LogP contribution in [0, 0.1) is 11.3 Å². The Morgan fingerprint density at radius 3 is 2.48 bits per heavy atom. The first kappa shape index (κ1) is 22.0. The SMILES string of the molecule is C[C@@H]1CC(n2c(Nc3ccc(OC(F)(F)F)cc3)nc3cc(Br)ccc32)CC(C)(C)C1. The molecule has 1 heterocycles. The highest BCUT2D eigenvalue weighted by Gasteiger charge is 2.35. The van der Waals surface area contributed by atoms with E-state index >= 15 is 0 Å². The van der Waals surface area contributed by atoms with E-state index in [0.29, 0.717) is 17.6 Å². The fourth-order valence-corrected chi connectivity index (χ4v) is 5.24. The molecule has 1 N–H and O–H groups in total. The number of ether oxygens (including phenoxy) is 1. The fourth-order valence-electron chi connectivity index (χ4n) is 4.89. The Bertz CT molecular complexity index is 1080. The van der Waals surface area contributed by atoms with E-state index in [0.717, 1.165) is 28.3 Å². The van der Waals surface area contributed by atoms with Gasteiger partial charge in [-0.2, -0.15) is 0 Å². The van der Waals surface area contributed by atoms with E-state index in [-0.39, 0.29) is 17.2 Å². The van der Waals surface area contributed by atoms with Crippen molar-refractivity contribution in [1.82, 2.24) is 9.55 Å². The highest BCUT2D eigenvalue weighted by atomic mass is 79.9. The van der Waals surface area contributed by atoms with Gasteiger partial charge in [0.1, 0.15) is 5.75 Å². The van der Waals surface area contributed by atoms with Crippen molar-refractivity contribution in [3.63, 3.8) is 0 Å². The first-order valence-electron chi connectivity index (χ1n) is 10.3. The second kappa shape index (κ2) is 8.04. The van der Waals surface area contributed by atoms with Crippen LogP contribution < -0.4 is 10.1 Å². The molecule has 3 aromatic rings. The minimum atomic E-state index is -4.71. The molecule has 0 radical (unpaired) electrons. The molecule has 1 aliphatic rings. The van der Waals surface area contributed by atoms with Gasteiger partial charge in [-0.05, 0) is 73.1 Å². The molecule has 0 saturated heterocycles. The highest BCUT2D eigenvalue weighted by molar-refractivity contribution is 9.10. The van der Waals surface area contributed by atoms with Crippen LogP contribution >= 0.6 is 15.9 Å². The summed E-state index contributed by atoms with van der Waals surface area (Å²) >= 11 is 3.51. The minimum Gasteiger partial charge on any atom is -0.406 e. The van der Waals surface area contributed by atoms with Crippen LogP contribution in [0.3, 0.4) is 0 Å². The van der Waals surface area contributed by atoms with Gasteiger partial charge in [0, 0.05) is 16.2 Å². The van der Waals surface area contributed by atoms with Gasteiger partial charge in [-0.25, -0.2) is 4.98 Å². The van der Waals surface area contributed by atoms with E-state index in [9.17, 15) is 13.2 Å². The third-order valence-corrected chi connectivity index (χ3v) is 6.22. The van der Waals surface area contributed by atoms with E-state index in [4.69, 9.17) is 4.98 Å². The van der Waals surface area contributed by atoms with Gasteiger partial charge < -0.3 is 14.6 Å². The number of fused-ring (bicyclic) bond motifs is 1. The van der Waals surface area contributed by atoms with Crippen molar-refractivity contribution in [3.8, 4) is 5.75 Å². The minimum absolute atomic E-state index is 0.224. The smallest absolute Gasteiger partial charge is 0.406 e. The Balaban J connectivity index is 1.70. The summed E-state index contributed by atoms with van der Waals surface area (Å²) in [4.78, 5) is 4.81. The Labute approximate surface area is 187 Å². The van der Waals surface area contributed by atoms with Crippen molar-refractivity contribution in [3.05, 3.63) is 46.9 Å². The zero-order chi connectivity index (χ0) is 22.4. The van der Waals surface area contributed by atoms with Gasteiger partial charge in [-0.15, -0.1) is 13.2 Å². The zero-order valence-corrected chi connectivity index (χ0v) is 19.2. The first-order chi connectivity index (χ1) is 14.5. The lowest BCUT2D eigenvalue weighted by molar-refractivity contribution is -0.274. The molecular weight excluding hydrogens is 471 g/mol. The Morgan fingerprint density at radius 2 is 1.84 bits per heavy atom. The lowest BCUT2D eigenvalue weighted by atomic mass is 9.70. The monoisotopic (exact) mass is 495 g/mol. The predicted octanol–water partition coefficient (Wildman–Crippen LogP) is 7.83. The van der Waals surface area contributed by atoms with Crippen LogP contribution in [0.25, 0.3) is 11.0 Å². The molecule has 0 aliphatic heterocycles. The molecule has 0 bridgehead atoms. The molecule has 1 saturated carbocycles. The molecule has 0 amide bonds. The van der Waals surface area contributed by atoms with Crippen LogP contribution in [0.2, 0.25) is 0 Å². The van der Waals surface area contributed by atoms with Gasteiger partial charge in [0.2, 0.25) is 5.95 Å². The Hall–Kier alpha value is -2.22. The molecule has 0 spiro atoms. The van der Waals surface area contributed by atoms with Gasteiger partial charge in [0.25, 0.3) is 0 Å². The second-order valence-corrected chi connectivity index (χ2v) is 10.1. The molecular formula is C23H25BrF3N3O. The molecule has 166 valence electrons. The lowest BCUT2D eigenvalue weighted by Gasteiger charge is -2.40. The third kappa shape index (κ3) is 5.17. The molecule has 1 aliphatic carbocycles. The highest BCUT2D eigenvalue weighted by Crippen LogP contribution is 2.46. The lowest BCUT2D eigenvalue weighted by Crippen LogP contribution is -2.29. The average molecular weight is 496 g/mol. The predicted molar refractivity (Wildman–Crippen MR) is 120 cm³/mol. The van der Waals surface area contributed by atoms with Crippen LogP contribution in [0.4, 0.5) is 24.8 Å². The van der Waals surface area contributed by atoms with Crippen LogP contribution in [0.1, 0.15) is 46.1 Å². The molecule has 8 heteroatoms. The molecule has 4 rings (SSSR count). The molecule has 1 aromatic heterocycles. The van der Waals surface area contributed by atoms with Crippen molar-refractivity contribution in [2.24, 2.45) is 11.3 Å². The Morgan fingerprint density at radius 1 is 1.13 bits per heavy atom. The molecule has 1 unspecified atom stereocenters. The number of aromatic nitrogens is 2.